The van der Waals surface area contributed by atoms with E-state index in [1.807, 2.05) is 13.8 Å². The lowest BCUT2D eigenvalue weighted by molar-refractivity contribution is 0.0698. The summed E-state index contributed by atoms with van der Waals surface area (Å²) in [5.74, 6) is -1.19. The number of rotatable bonds is 4. The SMILES string of the molecule is CCN1CCN(S(=O)(=O)c2c(C)csc2C(=O)O)CC1C. The van der Waals surface area contributed by atoms with Crippen LogP contribution in [0.2, 0.25) is 0 Å². The van der Waals surface area contributed by atoms with E-state index < -0.39 is 16.0 Å². The van der Waals surface area contributed by atoms with E-state index in [-0.39, 0.29) is 15.8 Å². The van der Waals surface area contributed by atoms with E-state index in [0.29, 0.717) is 25.2 Å². The third kappa shape index (κ3) is 2.98. The van der Waals surface area contributed by atoms with Crippen LogP contribution in [0.4, 0.5) is 0 Å². The summed E-state index contributed by atoms with van der Waals surface area (Å²) in [7, 11) is -3.75. The monoisotopic (exact) mass is 332 g/mol. The molecule has 0 aromatic carbocycles. The summed E-state index contributed by atoms with van der Waals surface area (Å²) in [6.45, 7) is 8.02. The molecule has 1 fully saturated rings. The van der Waals surface area contributed by atoms with Crippen LogP contribution in [0.25, 0.3) is 0 Å². The number of sulfonamides is 1. The Morgan fingerprint density at radius 3 is 2.67 bits per heavy atom. The van der Waals surface area contributed by atoms with Gasteiger partial charge in [-0.2, -0.15) is 4.31 Å². The first-order valence-electron chi connectivity index (χ1n) is 6.84. The Balaban J connectivity index is 2.36. The molecule has 0 spiro atoms. The Kier molecular flexibility index (Phi) is 4.72. The number of carboxylic acids is 1. The summed E-state index contributed by atoms with van der Waals surface area (Å²) in [5.41, 5.74) is 0.503. The van der Waals surface area contributed by atoms with Crippen LogP contribution in [0.1, 0.15) is 29.1 Å². The molecular weight excluding hydrogens is 312 g/mol. The molecule has 1 aliphatic heterocycles. The Hall–Kier alpha value is -0.960. The minimum atomic E-state index is -3.75. The topological polar surface area (TPSA) is 77.9 Å². The molecule has 1 aromatic rings. The van der Waals surface area contributed by atoms with Gasteiger partial charge in [0.05, 0.1) is 0 Å². The molecule has 1 unspecified atom stereocenters. The van der Waals surface area contributed by atoms with Gasteiger partial charge < -0.3 is 5.11 Å². The fourth-order valence-electron chi connectivity index (χ4n) is 2.68. The van der Waals surface area contributed by atoms with Gasteiger partial charge in [-0.25, -0.2) is 13.2 Å². The number of aromatic carboxylic acids is 1. The van der Waals surface area contributed by atoms with Crippen LogP contribution in [-0.4, -0.2) is 60.9 Å². The number of thiophene rings is 1. The number of hydrogen-bond donors (Lipinski definition) is 1. The maximum atomic E-state index is 12.8. The van der Waals surface area contributed by atoms with Crippen LogP contribution in [0.3, 0.4) is 0 Å². The van der Waals surface area contributed by atoms with Gasteiger partial charge in [0, 0.05) is 25.7 Å². The molecule has 6 nitrogen and oxygen atoms in total. The average molecular weight is 332 g/mol. The average Bonchev–Trinajstić information content (AvgIpc) is 2.81. The number of likely N-dealkylation sites (N-methyl/N-ethyl adjacent to an activating group) is 1. The van der Waals surface area contributed by atoms with E-state index in [1.165, 1.54) is 4.31 Å². The summed E-state index contributed by atoms with van der Waals surface area (Å²) >= 11 is 0.965. The van der Waals surface area contributed by atoms with Gasteiger partial charge in [-0.1, -0.05) is 6.92 Å². The Morgan fingerprint density at radius 1 is 1.48 bits per heavy atom. The lowest BCUT2D eigenvalue weighted by Crippen LogP contribution is -2.53. The first-order valence-corrected chi connectivity index (χ1v) is 9.16. The van der Waals surface area contributed by atoms with Crippen molar-refractivity contribution in [1.82, 2.24) is 9.21 Å². The second-order valence-corrected chi connectivity index (χ2v) is 7.98. The molecule has 0 amide bonds. The molecule has 1 saturated heterocycles. The quantitative estimate of drug-likeness (QED) is 0.903. The Morgan fingerprint density at radius 2 is 2.14 bits per heavy atom. The van der Waals surface area contributed by atoms with E-state index in [0.717, 1.165) is 17.9 Å². The van der Waals surface area contributed by atoms with Crippen molar-refractivity contribution in [1.29, 1.82) is 0 Å². The van der Waals surface area contributed by atoms with Crippen molar-refractivity contribution >= 4 is 27.3 Å². The normalized spacial score (nSPS) is 21.6. The molecule has 2 rings (SSSR count). The van der Waals surface area contributed by atoms with Crippen molar-refractivity contribution in [3.8, 4) is 0 Å². The number of hydrogen-bond acceptors (Lipinski definition) is 5. The molecule has 1 N–H and O–H groups in total. The highest BCUT2D eigenvalue weighted by Gasteiger charge is 2.35. The van der Waals surface area contributed by atoms with Gasteiger partial charge in [-0.05, 0) is 31.3 Å². The van der Waals surface area contributed by atoms with Gasteiger partial charge in [0.15, 0.2) is 0 Å². The van der Waals surface area contributed by atoms with Gasteiger partial charge in [0.2, 0.25) is 10.0 Å². The summed E-state index contributed by atoms with van der Waals surface area (Å²) in [4.78, 5) is 13.3. The molecule has 118 valence electrons. The van der Waals surface area contributed by atoms with E-state index in [1.54, 1.807) is 12.3 Å². The van der Waals surface area contributed by atoms with Gasteiger partial charge in [0.1, 0.15) is 9.77 Å². The van der Waals surface area contributed by atoms with Crippen LogP contribution in [-0.2, 0) is 10.0 Å². The summed E-state index contributed by atoms with van der Waals surface area (Å²) in [6.07, 6.45) is 0. The third-order valence-electron chi connectivity index (χ3n) is 3.84. The van der Waals surface area contributed by atoms with Crippen molar-refractivity contribution in [2.45, 2.75) is 31.7 Å². The van der Waals surface area contributed by atoms with Gasteiger partial charge in [-0.15, -0.1) is 11.3 Å². The predicted octanol–water partition coefficient (Wildman–Crippen LogP) is 1.47. The molecule has 1 atom stereocenters. The summed E-state index contributed by atoms with van der Waals surface area (Å²) in [6, 6.07) is 0.130. The largest absolute Gasteiger partial charge is 0.477 e. The van der Waals surface area contributed by atoms with Crippen molar-refractivity contribution in [3.63, 3.8) is 0 Å². The van der Waals surface area contributed by atoms with Crippen molar-refractivity contribution in [2.24, 2.45) is 0 Å². The van der Waals surface area contributed by atoms with E-state index >= 15 is 0 Å². The molecule has 2 heterocycles. The highest BCUT2D eigenvalue weighted by Crippen LogP contribution is 2.30. The number of carbonyl (C=O) groups is 1. The standard InChI is InChI=1S/C13H20N2O4S2/c1-4-14-5-6-15(7-10(14)3)21(18,19)12-9(2)8-20-11(12)13(16)17/h8,10H,4-7H2,1-3H3,(H,16,17). The van der Waals surface area contributed by atoms with E-state index in [4.69, 9.17) is 0 Å². The first kappa shape index (κ1) is 16.4. The molecule has 0 bridgehead atoms. The molecular formula is C13H20N2O4S2. The Bertz CT molecular complexity index is 639. The second kappa shape index (κ2) is 6.04. The van der Waals surface area contributed by atoms with Crippen LogP contribution in [0, 0.1) is 6.92 Å². The summed E-state index contributed by atoms with van der Waals surface area (Å²) in [5, 5.41) is 10.8. The fourth-order valence-corrected chi connectivity index (χ4v) is 5.78. The minimum absolute atomic E-state index is 0.0443. The molecule has 1 aliphatic rings. The zero-order valence-corrected chi connectivity index (χ0v) is 14.0. The van der Waals surface area contributed by atoms with Crippen molar-refractivity contribution in [2.75, 3.05) is 26.2 Å². The second-order valence-electron chi connectivity index (χ2n) is 5.22. The minimum Gasteiger partial charge on any atom is -0.477 e. The lowest BCUT2D eigenvalue weighted by Gasteiger charge is -2.38. The number of nitrogens with zero attached hydrogens (tertiary/aromatic N) is 2. The van der Waals surface area contributed by atoms with E-state index in [9.17, 15) is 18.3 Å². The van der Waals surface area contributed by atoms with Crippen LogP contribution < -0.4 is 0 Å². The zero-order chi connectivity index (χ0) is 15.8. The highest BCUT2D eigenvalue weighted by atomic mass is 32.2. The highest BCUT2D eigenvalue weighted by molar-refractivity contribution is 7.89. The van der Waals surface area contributed by atoms with Gasteiger partial charge >= 0.3 is 5.97 Å². The summed E-state index contributed by atoms with van der Waals surface area (Å²) < 4.78 is 27.0. The van der Waals surface area contributed by atoms with Crippen molar-refractivity contribution < 1.29 is 18.3 Å². The first-order chi connectivity index (χ1) is 9.78. The molecule has 0 radical (unpaired) electrons. The third-order valence-corrected chi connectivity index (χ3v) is 7.11. The van der Waals surface area contributed by atoms with E-state index in [2.05, 4.69) is 4.90 Å². The number of carboxylic acid groups (broad SMARTS) is 1. The van der Waals surface area contributed by atoms with Gasteiger partial charge in [0.25, 0.3) is 0 Å². The van der Waals surface area contributed by atoms with Crippen molar-refractivity contribution in [3.05, 3.63) is 15.8 Å². The predicted molar refractivity (Wildman–Crippen MR) is 81.5 cm³/mol. The van der Waals surface area contributed by atoms with Crippen LogP contribution in [0.5, 0.6) is 0 Å². The molecule has 8 heteroatoms. The zero-order valence-electron chi connectivity index (χ0n) is 12.4. The maximum Gasteiger partial charge on any atom is 0.347 e. The number of piperazine rings is 1. The lowest BCUT2D eigenvalue weighted by atomic mass is 10.2. The van der Waals surface area contributed by atoms with Gasteiger partial charge in [-0.3, -0.25) is 4.90 Å². The molecule has 0 aliphatic carbocycles. The molecule has 1 aromatic heterocycles. The Labute approximate surface area is 129 Å². The molecule has 0 saturated carbocycles. The number of aryl methyl sites for hydroxylation is 1. The smallest absolute Gasteiger partial charge is 0.347 e. The maximum absolute atomic E-state index is 12.8. The fraction of sp³-hybridized carbons (Fsp3) is 0.615. The molecule has 21 heavy (non-hydrogen) atoms. The van der Waals surface area contributed by atoms with Crippen LogP contribution >= 0.6 is 11.3 Å². The van der Waals surface area contributed by atoms with Crippen LogP contribution in [0.15, 0.2) is 10.3 Å².